The lowest BCUT2D eigenvalue weighted by Crippen LogP contribution is -2.06. The maximum atomic E-state index is 3.44. The first-order valence-electron chi connectivity index (χ1n) is 4.49. The van der Waals surface area contributed by atoms with E-state index >= 15 is 0 Å². The van der Waals surface area contributed by atoms with E-state index in [4.69, 9.17) is 0 Å². The molecule has 0 aromatic heterocycles. The average molecular weight is 160 g/mol. The van der Waals surface area contributed by atoms with Gasteiger partial charge in [0.25, 0.3) is 0 Å². The van der Waals surface area contributed by atoms with Gasteiger partial charge in [0.1, 0.15) is 5.92 Å². The molecule has 1 N–H and O–H groups in total. The zero-order valence-corrected chi connectivity index (χ0v) is 7.43. The van der Waals surface area contributed by atoms with Gasteiger partial charge in [0.2, 0.25) is 0 Å². The molecule has 1 nitrogen and oxygen atoms in total. The maximum Gasteiger partial charge on any atom is 0.159 e. The SMILES string of the molecule is C[C+]1CCc2ccccc2NC1. The predicted octanol–water partition coefficient (Wildman–Crippen LogP) is 2.64. The van der Waals surface area contributed by atoms with Crippen molar-refractivity contribution in [3.05, 3.63) is 35.7 Å². The van der Waals surface area contributed by atoms with E-state index in [1.165, 1.54) is 24.1 Å². The smallest absolute Gasteiger partial charge is 0.159 e. The number of para-hydroxylation sites is 1. The minimum Gasteiger partial charge on any atom is -0.347 e. The van der Waals surface area contributed by atoms with E-state index in [9.17, 15) is 0 Å². The molecule has 0 aliphatic carbocycles. The molecule has 2 rings (SSSR count). The van der Waals surface area contributed by atoms with Gasteiger partial charge in [-0.15, -0.1) is 0 Å². The summed E-state index contributed by atoms with van der Waals surface area (Å²) in [4.78, 5) is 0. The lowest BCUT2D eigenvalue weighted by molar-refractivity contribution is 0.825. The third-order valence-corrected chi connectivity index (χ3v) is 2.42. The number of hydrogen-bond acceptors (Lipinski definition) is 1. The Kier molecular flexibility index (Phi) is 1.94. The summed E-state index contributed by atoms with van der Waals surface area (Å²) in [7, 11) is 0. The van der Waals surface area contributed by atoms with E-state index < -0.39 is 0 Å². The van der Waals surface area contributed by atoms with Crippen LogP contribution in [0.4, 0.5) is 5.69 Å². The van der Waals surface area contributed by atoms with Crippen LogP contribution < -0.4 is 5.32 Å². The fraction of sp³-hybridized carbons (Fsp3) is 0.364. The Morgan fingerprint density at radius 2 is 2.17 bits per heavy atom. The summed E-state index contributed by atoms with van der Waals surface area (Å²) < 4.78 is 0. The van der Waals surface area contributed by atoms with Gasteiger partial charge in [0.15, 0.2) is 6.54 Å². The molecule has 1 aliphatic heterocycles. The van der Waals surface area contributed by atoms with E-state index in [1.807, 2.05) is 0 Å². The molecule has 0 fully saturated rings. The van der Waals surface area contributed by atoms with Gasteiger partial charge in [0.05, 0.1) is 13.3 Å². The number of rotatable bonds is 0. The molecular formula is C11H14N+. The molecular weight excluding hydrogens is 146 g/mol. The number of fused-ring (bicyclic) bond motifs is 1. The van der Waals surface area contributed by atoms with Crippen LogP contribution in [0.3, 0.4) is 0 Å². The largest absolute Gasteiger partial charge is 0.347 e. The van der Waals surface area contributed by atoms with Crippen LogP contribution in [-0.4, -0.2) is 6.54 Å². The summed E-state index contributed by atoms with van der Waals surface area (Å²) in [5.74, 6) is 1.55. The van der Waals surface area contributed by atoms with Gasteiger partial charge < -0.3 is 5.32 Å². The van der Waals surface area contributed by atoms with E-state index in [2.05, 4.69) is 36.5 Å². The van der Waals surface area contributed by atoms with Crippen molar-refractivity contribution in [1.82, 2.24) is 0 Å². The first-order valence-corrected chi connectivity index (χ1v) is 4.49. The molecule has 12 heavy (non-hydrogen) atoms. The van der Waals surface area contributed by atoms with Crippen molar-refractivity contribution < 1.29 is 0 Å². The average Bonchev–Trinajstić information content (AvgIpc) is 2.29. The standard InChI is InChI=1S/C11H14N/c1-9-6-7-10-4-2-3-5-11(10)12-8-9/h2-5,12H,6-8H2,1H3/q+1. The van der Waals surface area contributed by atoms with Gasteiger partial charge in [-0.2, -0.15) is 0 Å². The lowest BCUT2D eigenvalue weighted by atomic mass is 10.0. The highest BCUT2D eigenvalue weighted by molar-refractivity contribution is 5.52. The zero-order valence-electron chi connectivity index (χ0n) is 7.43. The lowest BCUT2D eigenvalue weighted by Gasteiger charge is -2.03. The monoisotopic (exact) mass is 160 g/mol. The highest BCUT2D eigenvalue weighted by Crippen LogP contribution is 2.23. The Morgan fingerprint density at radius 1 is 1.33 bits per heavy atom. The molecule has 0 saturated heterocycles. The number of hydrogen-bond donors (Lipinski definition) is 1. The third-order valence-electron chi connectivity index (χ3n) is 2.42. The molecule has 0 unspecified atom stereocenters. The first-order chi connectivity index (χ1) is 5.86. The number of aryl methyl sites for hydroxylation is 1. The summed E-state index contributed by atoms with van der Waals surface area (Å²) in [6, 6.07) is 8.57. The highest BCUT2D eigenvalue weighted by Gasteiger charge is 2.18. The van der Waals surface area contributed by atoms with E-state index in [0.29, 0.717) is 0 Å². The molecule has 0 bridgehead atoms. The first kappa shape index (κ1) is 7.53. The zero-order chi connectivity index (χ0) is 8.39. The minimum atomic E-state index is 1.04. The molecule has 0 spiro atoms. The topological polar surface area (TPSA) is 12.0 Å². The summed E-state index contributed by atoms with van der Waals surface area (Å²) in [5, 5.41) is 3.44. The van der Waals surface area contributed by atoms with E-state index in [1.54, 1.807) is 5.92 Å². The molecule has 1 aromatic rings. The Morgan fingerprint density at radius 3 is 3.08 bits per heavy atom. The molecule has 0 atom stereocenters. The van der Waals surface area contributed by atoms with Gasteiger partial charge in [-0.3, -0.25) is 0 Å². The molecule has 1 aromatic carbocycles. The molecule has 62 valence electrons. The molecule has 0 amide bonds. The minimum absolute atomic E-state index is 1.04. The third kappa shape index (κ3) is 1.40. The quantitative estimate of drug-likeness (QED) is 0.575. The van der Waals surface area contributed by atoms with Crippen molar-refractivity contribution in [3.8, 4) is 0 Å². The second-order valence-corrected chi connectivity index (χ2v) is 3.47. The van der Waals surface area contributed by atoms with Gasteiger partial charge in [-0.25, -0.2) is 0 Å². The van der Waals surface area contributed by atoms with Crippen LogP contribution in [0.5, 0.6) is 0 Å². The van der Waals surface area contributed by atoms with Crippen LogP contribution in [-0.2, 0) is 6.42 Å². The number of benzene rings is 1. The molecule has 1 aliphatic rings. The van der Waals surface area contributed by atoms with Crippen molar-refractivity contribution >= 4 is 5.69 Å². The van der Waals surface area contributed by atoms with Crippen LogP contribution in [0, 0.1) is 5.92 Å². The normalized spacial score (nSPS) is 16.2. The Bertz CT molecular complexity index is 240. The summed E-state index contributed by atoms with van der Waals surface area (Å²) in [6.07, 6.45) is 2.42. The van der Waals surface area contributed by atoms with E-state index in [-0.39, 0.29) is 0 Å². The van der Waals surface area contributed by atoms with Gasteiger partial charge in [-0.1, -0.05) is 18.2 Å². The van der Waals surface area contributed by atoms with Crippen LogP contribution in [0.25, 0.3) is 0 Å². The van der Waals surface area contributed by atoms with Crippen molar-refractivity contribution in [2.75, 3.05) is 11.9 Å². The van der Waals surface area contributed by atoms with Gasteiger partial charge in [0, 0.05) is 12.1 Å². The van der Waals surface area contributed by atoms with Gasteiger partial charge >= 0.3 is 0 Å². The number of anilines is 1. The highest BCUT2D eigenvalue weighted by atomic mass is 14.9. The number of nitrogens with one attached hydrogen (secondary N) is 1. The van der Waals surface area contributed by atoms with Crippen LogP contribution in [0.15, 0.2) is 24.3 Å². The molecule has 0 saturated carbocycles. The second kappa shape index (κ2) is 3.10. The fourth-order valence-corrected chi connectivity index (χ4v) is 1.59. The van der Waals surface area contributed by atoms with Crippen LogP contribution in [0.2, 0.25) is 0 Å². The van der Waals surface area contributed by atoms with Crippen molar-refractivity contribution in [1.29, 1.82) is 0 Å². The fourth-order valence-electron chi connectivity index (χ4n) is 1.59. The Balaban J connectivity index is 2.26. The molecule has 0 radical (unpaired) electrons. The summed E-state index contributed by atoms with van der Waals surface area (Å²) in [6.45, 7) is 3.26. The Hall–Kier alpha value is -1.11. The van der Waals surface area contributed by atoms with Gasteiger partial charge in [-0.05, 0) is 11.6 Å². The van der Waals surface area contributed by atoms with Crippen molar-refractivity contribution in [3.63, 3.8) is 0 Å². The maximum absolute atomic E-state index is 3.44. The Labute approximate surface area is 73.8 Å². The van der Waals surface area contributed by atoms with Crippen molar-refractivity contribution in [2.45, 2.75) is 19.8 Å². The van der Waals surface area contributed by atoms with Crippen molar-refractivity contribution in [2.24, 2.45) is 0 Å². The summed E-state index contributed by atoms with van der Waals surface area (Å²) in [5.41, 5.74) is 2.77. The summed E-state index contributed by atoms with van der Waals surface area (Å²) >= 11 is 0. The molecule has 1 heterocycles. The second-order valence-electron chi connectivity index (χ2n) is 3.47. The molecule has 1 heteroatoms. The van der Waals surface area contributed by atoms with E-state index in [0.717, 1.165) is 6.54 Å². The predicted molar refractivity (Wildman–Crippen MR) is 52.2 cm³/mol. The van der Waals surface area contributed by atoms with Crippen LogP contribution >= 0.6 is 0 Å². The van der Waals surface area contributed by atoms with Crippen LogP contribution in [0.1, 0.15) is 18.9 Å².